The van der Waals surface area contributed by atoms with Gasteiger partial charge in [0, 0.05) is 12.0 Å². The van der Waals surface area contributed by atoms with Crippen LogP contribution in [0.3, 0.4) is 0 Å². The molecule has 2 atom stereocenters. The van der Waals surface area contributed by atoms with Crippen molar-refractivity contribution in [1.29, 1.82) is 0 Å². The average molecular weight is 209 g/mol. The van der Waals surface area contributed by atoms with Crippen LogP contribution in [0, 0.1) is 11.8 Å². The van der Waals surface area contributed by atoms with Crippen LogP contribution in [-0.2, 0) is 4.79 Å². The summed E-state index contributed by atoms with van der Waals surface area (Å²) in [5, 5.41) is 0. The van der Waals surface area contributed by atoms with Crippen molar-refractivity contribution in [2.45, 2.75) is 52.0 Å². The lowest BCUT2D eigenvalue weighted by Gasteiger charge is -2.31. The van der Waals surface area contributed by atoms with Gasteiger partial charge in [0.2, 0.25) is 0 Å². The number of ketones is 1. The molecule has 86 valence electrons. The van der Waals surface area contributed by atoms with E-state index in [-0.39, 0.29) is 5.92 Å². The molecule has 2 fully saturated rings. The summed E-state index contributed by atoms with van der Waals surface area (Å²) < 4.78 is 0. The highest BCUT2D eigenvalue weighted by Gasteiger charge is 2.36. The van der Waals surface area contributed by atoms with E-state index in [9.17, 15) is 4.79 Å². The van der Waals surface area contributed by atoms with Gasteiger partial charge >= 0.3 is 0 Å². The Kier molecular flexibility index (Phi) is 3.45. The van der Waals surface area contributed by atoms with Crippen molar-refractivity contribution in [3.63, 3.8) is 0 Å². The third kappa shape index (κ3) is 2.41. The van der Waals surface area contributed by atoms with E-state index < -0.39 is 0 Å². The lowest BCUT2D eigenvalue weighted by atomic mass is 9.85. The second kappa shape index (κ2) is 4.65. The summed E-state index contributed by atoms with van der Waals surface area (Å²) in [7, 11) is 0. The van der Waals surface area contributed by atoms with Gasteiger partial charge in [0.15, 0.2) is 0 Å². The number of hydrogen-bond acceptors (Lipinski definition) is 2. The first-order valence-corrected chi connectivity index (χ1v) is 6.45. The van der Waals surface area contributed by atoms with E-state index in [0.717, 1.165) is 18.5 Å². The summed E-state index contributed by atoms with van der Waals surface area (Å²) in [6.45, 7) is 5.89. The Morgan fingerprint density at radius 3 is 2.73 bits per heavy atom. The summed E-state index contributed by atoms with van der Waals surface area (Å²) in [6, 6.07) is 0.737. The average Bonchev–Trinajstić information content (AvgIpc) is 2.62. The standard InChI is InChI=1S/C13H23NO/c1-10(2)13(15)9-14-8-7-11-5-3-4-6-12(11)14/h10-12H,3-9H2,1-2H3/t11-,12-/m0/s1. The Bertz CT molecular complexity index is 237. The first kappa shape index (κ1) is 11.1. The normalized spacial score (nSPS) is 31.9. The zero-order valence-electron chi connectivity index (χ0n) is 10.0. The number of likely N-dealkylation sites (tertiary alicyclic amines) is 1. The summed E-state index contributed by atoms with van der Waals surface area (Å²) >= 11 is 0. The van der Waals surface area contributed by atoms with E-state index in [1.54, 1.807) is 0 Å². The maximum absolute atomic E-state index is 11.7. The van der Waals surface area contributed by atoms with Gasteiger partial charge in [-0.05, 0) is 31.7 Å². The Labute approximate surface area is 93.0 Å². The van der Waals surface area contributed by atoms with Gasteiger partial charge in [0.25, 0.3) is 0 Å². The molecule has 2 aliphatic rings. The predicted molar refractivity (Wildman–Crippen MR) is 61.8 cm³/mol. The highest BCUT2D eigenvalue weighted by molar-refractivity contribution is 5.82. The van der Waals surface area contributed by atoms with Gasteiger partial charge in [-0.1, -0.05) is 26.7 Å². The summed E-state index contributed by atoms with van der Waals surface area (Å²) in [5.41, 5.74) is 0. The SMILES string of the molecule is CC(C)C(=O)CN1CC[C@@H]2CCCC[C@@H]21. The van der Waals surface area contributed by atoms with Crippen LogP contribution in [0.25, 0.3) is 0 Å². The minimum absolute atomic E-state index is 0.202. The zero-order chi connectivity index (χ0) is 10.8. The van der Waals surface area contributed by atoms with Crippen LogP contribution >= 0.6 is 0 Å². The molecule has 0 N–H and O–H groups in total. The van der Waals surface area contributed by atoms with Crippen molar-refractivity contribution in [1.82, 2.24) is 4.90 Å². The maximum atomic E-state index is 11.7. The topological polar surface area (TPSA) is 20.3 Å². The number of rotatable bonds is 3. The molecule has 1 heterocycles. The molecule has 2 heteroatoms. The van der Waals surface area contributed by atoms with E-state index in [2.05, 4.69) is 4.90 Å². The van der Waals surface area contributed by atoms with Crippen molar-refractivity contribution in [3.05, 3.63) is 0 Å². The Morgan fingerprint density at radius 1 is 1.27 bits per heavy atom. The molecule has 0 radical (unpaired) electrons. The van der Waals surface area contributed by atoms with Gasteiger partial charge in [-0.2, -0.15) is 0 Å². The zero-order valence-corrected chi connectivity index (χ0v) is 10.0. The minimum atomic E-state index is 0.202. The van der Waals surface area contributed by atoms with Gasteiger partial charge in [-0.3, -0.25) is 9.69 Å². The van der Waals surface area contributed by atoms with Crippen LogP contribution in [0.5, 0.6) is 0 Å². The van der Waals surface area contributed by atoms with E-state index in [4.69, 9.17) is 0 Å². The molecule has 0 bridgehead atoms. The smallest absolute Gasteiger partial charge is 0.149 e. The predicted octanol–water partition coefficient (Wildman–Crippen LogP) is 2.48. The Hall–Kier alpha value is -0.370. The number of hydrogen-bond donors (Lipinski definition) is 0. The monoisotopic (exact) mass is 209 g/mol. The van der Waals surface area contributed by atoms with Gasteiger partial charge in [-0.15, -0.1) is 0 Å². The van der Waals surface area contributed by atoms with Crippen molar-refractivity contribution in [2.24, 2.45) is 11.8 Å². The molecule has 1 aliphatic heterocycles. The van der Waals surface area contributed by atoms with E-state index >= 15 is 0 Å². The number of fused-ring (bicyclic) bond motifs is 1. The van der Waals surface area contributed by atoms with Crippen LogP contribution in [0.1, 0.15) is 46.0 Å². The van der Waals surface area contributed by atoms with Crippen LogP contribution in [0.2, 0.25) is 0 Å². The fraction of sp³-hybridized carbons (Fsp3) is 0.923. The molecular formula is C13H23NO. The molecule has 0 amide bonds. The molecular weight excluding hydrogens is 186 g/mol. The van der Waals surface area contributed by atoms with E-state index in [1.165, 1.54) is 32.1 Å². The molecule has 1 saturated heterocycles. The van der Waals surface area contributed by atoms with Gasteiger partial charge in [-0.25, -0.2) is 0 Å². The molecule has 0 unspecified atom stereocenters. The minimum Gasteiger partial charge on any atom is -0.298 e. The van der Waals surface area contributed by atoms with Crippen LogP contribution < -0.4 is 0 Å². The van der Waals surface area contributed by atoms with Crippen molar-refractivity contribution < 1.29 is 4.79 Å². The van der Waals surface area contributed by atoms with Crippen molar-refractivity contribution >= 4 is 5.78 Å². The molecule has 1 aliphatic carbocycles. The molecule has 0 spiro atoms. The van der Waals surface area contributed by atoms with Gasteiger partial charge < -0.3 is 0 Å². The Morgan fingerprint density at radius 2 is 2.00 bits per heavy atom. The fourth-order valence-electron chi connectivity index (χ4n) is 3.08. The second-order valence-corrected chi connectivity index (χ2v) is 5.49. The lowest BCUT2D eigenvalue weighted by molar-refractivity contribution is -0.123. The lowest BCUT2D eigenvalue weighted by Crippen LogP contribution is -2.39. The molecule has 0 aromatic rings. The Balaban J connectivity index is 1.90. The third-order valence-corrected chi connectivity index (χ3v) is 4.13. The molecule has 15 heavy (non-hydrogen) atoms. The third-order valence-electron chi connectivity index (χ3n) is 4.13. The molecule has 0 aromatic heterocycles. The first-order chi connectivity index (χ1) is 7.18. The maximum Gasteiger partial charge on any atom is 0.149 e. The number of carbonyl (C=O) groups excluding carboxylic acids is 1. The van der Waals surface area contributed by atoms with Crippen molar-refractivity contribution in [3.8, 4) is 0 Å². The molecule has 1 saturated carbocycles. The van der Waals surface area contributed by atoms with Crippen LogP contribution in [-0.4, -0.2) is 29.8 Å². The van der Waals surface area contributed by atoms with Gasteiger partial charge in [0.05, 0.1) is 6.54 Å². The number of carbonyl (C=O) groups is 1. The van der Waals surface area contributed by atoms with Gasteiger partial charge in [0.1, 0.15) is 5.78 Å². The summed E-state index contributed by atoms with van der Waals surface area (Å²) in [4.78, 5) is 14.2. The van der Waals surface area contributed by atoms with E-state index in [1.807, 2.05) is 13.8 Å². The second-order valence-electron chi connectivity index (χ2n) is 5.49. The van der Waals surface area contributed by atoms with Crippen molar-refractivity contribution in [2.75, 3.05) is 13.1 Å². The molecule has 2 nitrogen and oxygen atoms in total. The quantitative estimate of drug-likeness (QED) is 0.711. The van der Waals surface area contributed by atoms with Crippen LogP contribution in [0.15, 0.2) is 0 Å². The first-order valence-electron chi connectivity index (χ1n) is 6.45. The highest BCUT2D eigenvalue weighted by atomic mass is 16.1. The largest absolute Gasteiger partial charge is 0.298 e. The highest BCUT2D eigenvalue weighted by Crippen LogP contribution is 2.35. The molecule has 2 rings (SSSR count). The number of nitrogens with zero attached hydrogens (tertiary/aromatic N) is 1. The summed E-state index contributed by atoms with van der Waals surface area (Å²) in [6.07, 6.45) is 6.84. The van der Waals surface area contributed by atoms with E-state index in [0.29, 0.717) is 12.3 Å². The summed E-state index contributed by atoms with van der Waals surface area (Å²) in [5.74, 6) is 1.52. The molecule has 0 aromatic carbocycles. The fourth-order valence-corrected chi connectivity index (χ4v) is 3.08. The number of Topliss-reactive ketones (excluding diaryl/α,β-unsaturated/α-hetero) is 1. The van der Waals surface area contributed by atoms with Crippen LogP contribution in [0.4, 0.5) is 0 Å².